The smallest absolute Gasteiger partial charge is 0.418 e. The van der Waals surface area contributed by atoms with Crippen LogP contribution in [0.3, 0.4) is 0 Å². The number of hydrogen-bond donors (Lipinski definition) is 1. The molecule has 232 valence electrons. The predicted octanol–water partition coefficient (Wildman–Crippen LogP) is 7.48. The summed E-state index contributed by atoms with van der Waals surface area (Å²) in [5.74, 6) is 0.918. The quantitative estimate of drug-likeness (QED) is 0.116. The van der Waals surface area contributed by atoms with Crippen molar-refractivity contribution in [1.82, 2.24) is 24.3 Å². The molecule has 0 aliphatic heterocycles. The number of alkyl halides is 3. The van der Waals surface area contributed by atoms with Crippen molar-refractivity contribution in [2.75, 3.05) is 13.2 Å². The molecule has 4 rings (SSSR count). The van der Waals surface area contributed by atoms with Crippen LogP contribution in [0.1, 0.15) is 45.9 Å². The Morgan fingerprint density at radius 1 is 1.02 bits per heavy atom. The molecule has 2 atom stereocenters. The molecule has 0 aliphatic carbocycles. The van der Waals surface area contributed by atoms with Crippen LogP contribution in [0.2, 0.25) is 10.0 Å². The van der Waals surface area contributed by atoms with Gasteiger partial charge in [0.05, 0.1) is 11.3 Å². The maximum Gasteiger partial charge on any atom is 0.418 e. The summed E-state index contributed by atoms with van der Waals surface area (Å²) in [7, 11) is 0. The molecule has 0 spiro atoms. The van der Waals surface area contributed by atoms with E-state index in [-0.39, 0.29) is 22.7 Å². The summed E-state index contributed by atoms with van der Waals surface area (Å²) in [6.07, 6.45) is 2.35. The first-order valence-corrected chi connectivity index (χ1v) is 14.0. The highest BCUT2D eigenvalue weighted by atomic mass is 35.5. The Balaban J connectivity index is 0.000000238. The highest BCUT2D eigenvalue weighted by molar-refractivity contribution is 6.31. The molecule has 2 aromatic carbocycles. The summed E-state index contributed by atoms with van der Waals surface area (Å²) in [5.41, 5.74) is -1.47. The minimum atomic E-state index is -4.55. The number of hydrogen-bond acceptors (Lipinski definition) is 7. The second-order valence-corrected chi connectivity index (χ2v) is 11.2. The molecule has 0 bridgehead atoms. The zero-order valence-electron chi connectivity index (χ0n) is 24.0. The Morgan fingerprint density at radius 2 is 1.72 bits per heavy atom. The highest BCUT2D eigenvalue weighted by Gasteiger charge is 2.35. The predicted molar refractivity (Wildman–Crippen MR) is 159 cm³/mol. The average molecular weight is 642 g/mol. The van der Waals surface area contributed by atoms with Crippen molar-refractivity contribution < 1.29 is 27.8 Å². The monoisotopic (exact) mass is 640 g/mol. The lowest BCUT2D eigenvalue weighted by Crippen LogP contribution is -2.38. The number of ether oxygens (including phenoxy) is 2. The fourth-order valence-electron chi connectivity index (χ4n) is 3.55. The molecule has 0 aliphatic rings. The van der Waals surface area contributed by atoms with Crippen LogP contribution in [-0.2, 0) is 10.9 Å². The van der Waals surface area contributed by atoms with Gasteiger partial charge in [-0.3, -0.25) is 4.57 Å². The lowest BCUT2D eigenvalue weighted by Gasteiger charge is -2.32. The van der Waals surface area contributed by atoms with E-state index in [2.05, 4.69) is 20.1 Å². The van der Waals surface area contributed by atoms with Crippen molar-refractivity contribution in [2.45, 2.75) is 52.6 Å². The molecule has 4 aromatic rings. The van der Waals surface area contributed by atoms with Crippen molar-refractivity contribution in [2.24, 2.45) is 10.4 Å². The Kier molecular flexibility index (Phi) is 12.1. The van der Waals surface area contributed by atoms with Crippen molar-refractivity contribution in [3.63, 3.8) is 0 Å². The molecule has 0 saturated carbocycles. The number of aliphatic imine (C=N–C) groups is 1. The van der Waals surface area contributed by atoms with Gasteiger partial charge < -0.3 is 14.6 Å². The normalized spacial score (nSPS) is 13.7. The molecule has 0 radical (unpaired) electrons. The van der Waals surface area contributed by atoms with Crippen LogP contribution in [0.15, 0.2) is 78.8 Å². The number of imidazole rings is 1. The molecule has 0 amide bonds. The third-order valence-electron chi connectivity index (χ3n) is 5.82. The van der Waals surface area contributed by atoms with E-state index in [1.807, 2.05) is 27.7 Å². The Morgan fingerprint density at radius 3 is 2.28 bits per heavy atom. The van der Waals surface area contributed by atoms with Gasteiger partial charge in [-0.1, -0.05) is 50.9 Å². The van der Waals surface area contributed by atoms with E-state index in [0.29, 0.717) is 23.2 Å². The molecule has 1 N–H and O–H groups in total. The fourth-order valence-corrected chi connectivity index (χ4v) is 3.85. The number of benzene rings is 2. The molecule has 0 saturated heterocycles. The van der Waals surface area contributed by atoms with Crippen LogP contribution in [-0.4, -0.2) is 54.6 Å². The van der Waals surface area contributed by atoms with Crippen molar-refractivity contribution in [3.8, 4) is 5.75 Å². The zero-order valence-corrected chi connectivity index (χ0v) is 25.6. The first-order chi connectivity index (χ1) is 20.3. The van der Waals surface area contributed by atoms with Gasteiger partial charge in [0.1, 0.15) is 43.3 Å². The van der Waals surface area contributed by atoms with E-state index in [4.69, 9.17) is 32.7 Å². The van der Waals surface area contributed by atoms with Crippen LogP contribution in [0.5, 0.6) is 5.75 Å². The van der Waals surface area contributed by atoms with Crippen LogP contribution in [0.4, 0.5) is 18.9 Å². The number of halogens is 5. The molecule has 43 heavy (non-hydrogen) atoms. The van der Waals surface area contributed by atoms with Gasteiger partial charge >= 0.3 is 6.18 Å². The van der Waals surface area contributed by atoms with Crippen LogP contribution in [0, 0.1) is 5.41 Å². The van der Waals surface area contributed by atoms with E-state index in [1.165, 1.54) is 46.6 Å². The molecule has 2 unspecified atom stereocenters. The SMILES string of the molecule is CC(C)(C)C(O)C(Oc1ccc(Cl)cc1)n1cncn1.CCCOCC(=Nc1ccc(Cl)cc1C(F)(F)F)n1ccnc1. The van der Waals surface area contributed by atoms with E-state index in [0.717, 1.165) is 12.5 Å². The molecular formula is C29H33Cl2F3N6O3. The summed E-state index contributed by atoms with van der Waals surface area (Å²) in [4.78, 5) is 11.9. The highest BCUT2D eigenvalue weighted by Crippen LogP contribution is 2.38. The summed E-state index contributed by atoms with van der Waals surface area (Å²) in [6.45, 7) is 8.31. The Bertz CT molecular complexity index is 1430. The number of nitrogens with zero attached hydrogens (tertiary/aromatic N) is 6. The third kappa shape index (κ3) is 10.3. The van der Waals surface area contributed by atoms with E-state index in [1.54, 1.807) is 30.5 Å². The summed E-state index contributed by atoms with van der Waals surface area (Å²) in [6, 6.07) is 10.4. The van der Waals surface area contributed by atoms with Gasteiger partial charge in [0.2, 0.25) is 6.23 Å². The van der Waals surface area contributed by atoms with E-state index in [9.17, 15) is 18.3 Å². The zero-order chi connectivity index (χ0) is 31.6. The van der Waals surface area contributed by atoms with Crippen LogP contribution < -0.4 is 4.74 Å². The molecule has 14 heteroatoms. The lowest BCUT2D eigenvalue weighted by molar-refractivity contribution is -0.137. The Hall–Kier alpha value is -3.45. The van der Waals surface area contributed by atoms with Gasteiger partial charge in [-0.15, -0.1) is 0 Å². The molecule has 0 fully saturated rings. The van der Waals surface area contributed by atoms with Crippen LogP contribution >= 0.6 is 23.2 Å². The van der Waals surface area contributed by atoms with Gasteiger partial charge in [0.15, 0.2) is 0 Å². The molecular weight excluding hydrogens is 608 g/mol. The van der Waals surface area contributed by atoms with Crippen LogP contribution in [0.25, 0.3) is 0 Å². The molecule has 2 aromatic heterocycles. The number of aliphatic hydroxyl groups is 1. The van der Waals surface area contributed by atoms with Gasteiger partial charge in [-0.25, -0.2) is 19.6 Å². The van der Waals surface area contributed by atoms with Gasteiger partial charge in [-0.2, -0.15) is 18.3 Å². The van der Waals surface area contributed by atoms with E-state index >= 15 is 0 Å². The summed E-state index contributed by atoms with van der Waals surface area (Å²) in [5, 5.41) is 15.2. The van der Waals surface area contributed by atoms with Crippen molar-refractivity contribution in [1.29, 1.82) is 0 Å². The molecule has 2 heterocycles. The maximum absolute atomic E-state index is 13.1. The van der Waals surface area contributed by atoms with Gasteiger partial charge in [0, 0.05) is 29.0 Å². The maximum atomic E-state index is 13.1. The average Bonchev–Trinajstić information content (AvgIpc) is 3.67. The minimum absolute atomic E-state index is 0.00249. The third-order valence-corrected chi connectivity index (χ3v) is 6.31. The summed E-state index contributed by atoms with van der Waals surface area (Å²) < 4.78 is 53.7. The van der Waals surface area contributed by atoms with E-state index < -0.39 is 24.1 Å². The van der Waals surface area contributed by atoms with Crippen molar-refractivity contribution >= 4 is 34.7 Å². The second-order valence-electron chi connectivity index (χ2n) is 10.4. The number of rotatable bonds is 9. The topological polar surface area (TPSA) is 99.6 Å². The fraction of sp³-hybridized carbons (Fsp3) is 0.379. The lowest BCUT2D eigenvalue weighted by atomic mass is 9.88. The number of aliphatic hydroxyl groups excluding tert-OH is 1. The van der Waals surface area contributed by atoms with Gasteiger partial charge in [0.25, 0.3) is 0 Å². The summed E-state index contributed by atoms with van der Waals surface area (Å²) >= 11 is 11.5. The largest absolute Gasteiger partial charge is 0.466 e. The second kappa shape index (κ2) is 15.3. The van der Waals surface area contributed by atoms with Crippen molar-refractivity contribution in [3.05, 3.63) is 89.4 Å². The standard InChI is InChI=1S/C15H15ClF3N3O.C14H18ClN3O2/c1-2-7-23-9-14(22-6-5-20-10-22)21-13-4-3-11(16)8-12(13)15(17,18)19;1-14(2,3)12(19)13(18-9-16-8-17-18)20-11-6-4-10(15)5-7-11/h3-6,8,10H,2,7,9H2,1H3;4-9,12-13,19H,1-3H3. The first-order valence-electron chi connectivity index (χ1n) is 13.2. The Labute approximate surface area is 257 Å². The van der Waals surface area contributed by atoms with Gasteiger partial charge in [-0.05, 0) is 54.3 Å². The number of aromatic nitrogens is 5. The molecule has 9 nitrogen and oxygen atoms in total. The minimum Gasteiger partial charge on any atom is -0.466 e. The first kappa shape index (κ1) is 34.0.